The highest BCUT2D eigenvalue weighted by Crippen LogP contribution is 2.13. The van der Waals surface area contributed by atoms with Gasteiger partial charge in [0, 0.05) is 10.6 Å². The van der Waals surface area contributed by atoms with Crippen molar-refractivity contribution in [3.05, 3.63) is 34.3 Å². The summed E-state index contributed by atoms with van der Waals surface area (Å²) in [5.74, 6) is 4.26. The molecule has 0 aliphatic heterocycles. The van der Waals surface area contributed by atoms with Crippen LogP contribution in [-0.4, -0.2) is 5.91 Å². The molecule has 1 amide bonds. The molecule has 1 aromatic carbocycles. The number of aryl methyl sites for hydroxylation is 1. The molecule has 0 bridgehead atoms. The minimum atomic E-state index is -0.639. The molecule has 1 rings (SSSR count). The molecule has 0 spiro atoms. The van der Waals surface area contributed by atoms with E-state index >= 15 is 0 Å². The highest BCUT2D eigenvalue weighted by molar-refractivity contribution is 6.30. The molecule has 2 N–H and O–H groups in total. The summed E-state index contributed by atoms with van der Waals surface area (Å²) in [4.78, 5) is 10.4. The van der Waals surface area contributed by atoms with Gasteiger partial charge in [0.1, 0.15) is 0 Å². The smallest absolute Gasteiger partial charge is 0.293 e. The highest BCUT2D eigenvalue weighted by Gasteiger charge is 1.95. The van der Waals surface area contributed by atoms with Crippen molar-refractivity contribution in [3.8, 4) is 11.8 Å². The van der Waals surface area contributed by atoms with Crippen LogP contribution < -0.4 is 5.73 Å². The molecule has 0 aliphatic rings. The predicted octanol–water partition coefficient (Wildman–Crippen LogP) is 1.49. The lowest BCUT2D eigenvalue weighted by Crippen LogP contribution is -2.06. The van der Waals surface area contributed by atoms with E-state index in [1.54, 1.807) is 12.1 Å². The molecule has 3 heteroatoms. The molecule has 66 valence electrons. The van der Waals surface area contributed by atoms with Crippen LogP contribution in [0.5, 0.6) is 0 Å². The van der Waals surface area contributed by atoms with Crippen molar-refractivity contribution in [1.82, 2.24) is 0 Å². The number of hydrogen-bond donors (Lipinski definition) is 1. The van der Waals surface area contributed by atoms with Gasteiger partial charge in [0.05, 0.1) is 0 Å². The molecule has 0 saturated heterocycles. The summed E-state index contributed by atoms with van der Waals surface area (Å²) < 4.78 is 0. The van der Waals surface area contributed by atoms with Gasteiger partial charge in [0.25, 0.3) is 5.91 Å². The van der Waals surface area contributed by atoms with E-state index in [1.807, 2.05) is 13.0 Å². The average Bonchev–Trinajstić information content (AvgIpc) is 2.06. The van der Waals surface area contributed by atoms with E-state index in [1.165, 1.54) is 0 Å². The number of rotatable bonds is 0. The van der Waals surface area contributed by atoms with Crippen molar-refractivity contribution >= 4 is 17.5 Å². The van der Waals surface area contributed by atoms with Crippen LogP contribution in [0.25, 0.3) is 0 Å². The van der Waals surface area contributed by atoms with Gasteiger partial charge in [-0.15, -0.1) is 0 Å². The van der Waals surface area contributed by atoms with E-state index in [0.29, 0.717) is 5.02 Å². The lowest BCUT2D eigenvalue weighted by molar-refractivity contribution is -0.112. The van der Waals surface area contributed by atoms with E-state index in [2.05, 4.69) is 11.8 Å². The van der Waals surface area contributed by atoms with Gasteiger partial charge in [0.2, 0.25) is 0 Å². The lowest BCUT2D eigenvalue weighted by atomic mass is 10.1. The number of carbonyl (C=O) groups excluding carboxylic acids is 1. The van der Waals surface area contributed by atoms with Crippen molar-refractivity contribution in [2.75, 3.05) is 0 Å². The normalized spacial score (nSPS) is 8.77. The van der Waals surface area contributed by atoms with Crippen LogP contribution >= 0.6 is 11.6 Å². The summed E-state index contributed by atoms with van der Waals surface area (Å²) in [6.07, 6.45) is 0. The number of carbonyl (C=O) groups is 1. The number of halogens is 1. The first-order valence-corrected chi connectivity index (χ1v) is 4.05. The molecule has 0 unspecified atom stereocenters. The number of amides is 1. The fourth-order valence-corrected chi connectivity index (χ4v) is 1.03. The Bertz CT molecular complexity index is 401. The zero-order valence-electron chi connectivity index (χ0n) is 7.10. The summed E-state index contributed by atoms with van der Waals surface area (Å²) in [5, 5.41) is 0.597. The molecule has 0 atom stereocenters. The molecule has 2 nitrogen and oxygen atoms in total. The van der Waals surface area contributed by atoms with E-state index in [9.17, 15) is 4.79 Å². The minimum absolute atomic E-state index is 0.597. The topological polar surface area (TPSA) is 43.1 Å². The second-order valence-electron chi connectivity index (χ2n) is 2.57. The number of primary amides is 1. The van der Waals surface area contributed by atoms with Crippen molar-refractivity contribution in [2.45, 2.75) is 6.92 Å². The largest absolute Gasteiger partial charge is 0.359 e. The van der Waals surface area contributed by atoms with Gasteiger partial charge in [0.15, 0.2) is 0 Å². The van der Waals surface area contributed by atoms with Gasteiger partial charge in [-0.25, -0.2) is 0 Å². The number of benzene rings is 1. The van der Waals surface area contributed by atoms with Crippen molar-refractivity contribution < 1.29 is 4.79 Å². The maximum absolute atomic E-state index is 10.4. The first-order valence-electron chi connectivity index (χ1n) is 3.67. The second-order valence-corrected chi connectivity index (χ2v) is 3.01. The van der Waals surface area contributed by atoms with Crippen molar-refractivity contribution in [3.63, 3.8) is 0 Å². The van der Waals surface area contributed by atoms with Gasteiger partial charge < -0.3 is 5.73 Å². The average molecular weight is 194 g/mol. The fraction of sp³-hybridized carbons (Fsp3) is 0.100. The number of nitrogens with two attached hydrogens (primary N) is 1. The van der Waals surface area contributed by atoms with Crippen molar-refractivity contribution in [1.29, 1.82) is 0 Å². The van der Waals surface area contributed by atoms with E-state index in [0.717, 1.165) is 11.1 Å². The summed E-state index contributed by atoms with van der Waals surface area (Å²) in [6.45, 7) is 1.89. The quantitative estimate of drug-likeness (QED) is 0.624. The first-order chi connectivity index (χ1) is 6.09. The zero-order valence-corrected chi connectivity index (χ0v) is 7.85. The Hall–Kier alpha value is -1.46. The molecule has 0 fully saturated rings. The Kier molecular flexibility index (Phi) is 2.94. The summed E-state index contributed by atoms with van der Waals surface area (Å²) in [7, 11) is 0. The van der Waals surface area contributed by atoms with E-state index in [-0.39, 0.29) is 0 Å². The van der Waals surface area contributed by atoms with Gasteiger partial charge in [-0.2, -0.15) is 0 Å². The molecule has 0 aliphatic carbocycles. The summed E-state index contributed by atoms with van der Waals surface area (Å²) >= 11 is 5.75. The fourth-order valence-electron chi connectivity index (χ4n) is 0.858. The van der Waals surface area contributed by atoms with Crippen LogP contribution in [0, 0.1) is 18.8 Å². The molecule has 1 aromatic rings. The maximum atomic E-state index is 10.4. The van der Waals surface area contributed by atoms with Crippen LogP contribution in [0.2, 0.25) is 5.02 Å². The molecule has 13 heavy (non-hydrogen) atoms. The summed E-state index contributed by atoms with van der Waals surface area (Å²) in [5.41, 5.74) is 6.58. The SMILES string of the molecule is Cc1ccc(Cl)cc1C#CC(N)=O. The number of hydrogen-bond acceptors (Lipinski definition) is 1. The van der Waals surface area contributed by atoms with Crippen LogP contribution in [0.4, 0.5) is 0 Å². The van der Waals surface area contributed by atoms with Gasteiger partial charge in [-0.1, -0.05) is 23.6 Å². The molecular formula is C10H8ClNO. The third-order valence-corrected chi connectivity index (χ3v) is 1.76. The highest BCUT2D eigenvalue weighted by atomic mass is 35.5. The third kappa shape index (κ3) is 2.81. The van der Waals surface area contributed by atoms with Gasteiger partial charge in [-0.05, 0) is 30.5 Å². The molecule has 0 aromatic heterocycles. The maximum Gasteiger partial charge on any atom is 0.293 e. The minimum Gasteiger partial charge on any atom is -0.359 e. The lowest BCUT2D eigenvalue weighted by Gasteiger charge is -1.96. The van der Waals surface area contributed by atoms with Crippen molar-refractivity contribution in [2.24, 2.45) is 5.73 Å². The zero-order chi connectivity index (χ0) is 9.84. The monoisotopic (exact) mass is 193 g/mol. The van der Waals surface area contributed by atoms with E-state index in [4.69, 9.17) is 17.3 Å². The molecule has 0 radical (unpaired) electrons. The second kappa shape index (κ2) is 3.97. The molecule has 0 saturated carbocycles. The summed E-state index contributed by atoms with van der Waals surface area (Å²) in [6, 6.07) is 5.31. The predicted molar refractivity (Wildman–Crippen MR) is 52.3 cm³/mol. The van der Waals surface area contributed by atoms with Gasteiger partial charge >= 0.3 is 0 Å². The van der Waals surface area contributed by atoms with E-state index < -0.39 is 5.91 Å². The molecule has 0 heterocycles. The first kappa shape index (κ1) is 9.63. The standard InChI is InChI=1S/C10H8ClNO/c1-7-2-4-9(11)6-8(7)3-5-10(12)13/h2,4,6H,1H3,(H2,12,13). The Labute approximate surface area is 81.7 Å². The molecular weight excluding hydrogens is 186 g/mol. The van der Waals surface area contributed by atoms with Crippen LogP contribution in [0.1, 0.15) is 11.1 Å². The third-order valence-electron chi connectivity index (χ3n) is 1.52. The van der Waals surface area contributed by atoms with Crippen LogP contribution in [-0.2, 0) is 4.79 Å². The Morgan fingerprint density at radius 2 is 2.23 bits per heavy atom. The Morgan fingerprint density at radius 3 is 2.85 bits per heavy atom. The Morgan fingerprint density at radius 1 is 1.54 bits per heavy atom. The van der Waals surface area contributed by atoms with Crippen LogP contribution in [0.15, 0.2) is 18.2 Å². The van der Waals surface area contributed by atoms with Gasteiger partial charge in [-0.3, -0.25) is 4.79 Å². The van der Waals surface area contributed by atoms with Crippen LogP contribution in [0.3, 0.4) is 0 Å². The Balaban J connectivity index is 3.09.